The molecular formula is C9H8O2. The summed E-state index contributed by atoms with van der Waals surface area (Å²) in [5.41, 5.74) is 2.17. The van der Waals surface area contributed by atoms with Crippen LogP contribution in [-0.2, 0) is 11.2 Å². The molecule has 1 N–H and O–H groups in total. The first kappa shape index (κ1) is 6.40. The third-order valence-corrected chi connectivity index (χ3v) is 2.13. The largest absolute Gasteiger partial charge is 0.508 e. The number of carbonyl (C=O) groups excluding carboxylic acids is 1. The van der Waals surface area contributed by atoms with Crippen LogP contribution >= 0.6 is 0 Å². The number of rotatable bonds is 1. The summed E-state index contributed by atoms with van der Waals surface area (Å²) in [6, 6.07) is 5.15. The number of fused-ring (bicyclic) bond motifs is 1. The van der Waals surface area contributed by atoms with Crippen LogP contribution in [0.3, 0.4) is 0 Å². The highest BCUT2D eigenvalue weighted by molar-refractivity contribution is 5.69. The van der Waals surface area contributed by atoms with E-state index in [2.05, 4.69) is 0 Å². The molecule has 2 rings (SSSR count). The van der Waals surface area contributed by atoms with Gasteiger partial charge in [0.25, 0.3) is 0 Å². The minimum absolute atomic E-state index is 0.0746. The average molecular weight is 148 g/mol. The smallest absolute Gasteiger partial charge is 0.127 e. The topological polar surface area (TPSA) is 37.3 Å². The zero-order chi connectivity index (χ0) is 7.84. The van der Waals surface area contributed by atoms with Crippen LogP contribution < -0.4 is 0 Å². The van der Waals surface area contributed by atoms with Crippen molar-refractivity contribution in [3.8, 4) is 5.75 Å². The van der Waals surface area contributed by atoms with Gasteiger partial charge in [0.1, 0.15) is 12.0 Å². The lowest BCUT2D eigenvalue weighted by atomic mass is 9.78. The lowest BCUT2D eigenvalue weighted by Crippen LogP contribution is -2.17. The van der Waals surface area contributed by atoms with E-state index in [-0.39, 0.29) is 11.7 Å². The van der Waals surface area contributed by atoms with Crippen LogP contribution in [0.25, 0.3) is 0 Å². The molecule has 2 nitrogen and oxygen atoms in total. The molecule has 1 aromatic carbocycles. The Labute approximate surface area is 64.5 Å². The molecule has 1 aliphatic rings. The fourth-order valence-electron chi connectivity index (χ4n) is 1.47. The molecule has 0 saturated carbocycles. The van der Waals surface area contributed by atoms with Crippen LogP contribution in [-0.4, -0.2) is 11.4 Å². The summed E-state index contributed by atoms with van der Waals surface area (Å²) in [4.78, 5) is 10.4. The summed E-state index contributed by atoms with van der Waals surface area (Å²) in [5, 5.41) is 9.04. The van der Waals surface area contributed by atoms with Gasteiger partial charge >= 0.3 is 0 Å². The highest BCUT2D eigenvalue weighted by Crippen LogP contribution is 2.35. The molecule has 0 spiro atoms. The second-order valence-corrected chi connectivity index (χ2v) is 2.83. The Morgan fingerprint density at radius 1 is 1.55 bits per heavy atom. The van der Waals surface area contributed by atoms with E-state index < -0.39 is 0 Å². The van der Waals surface area contributed by atoms with E-state index in [1.807, 2.05) is 6.07 Å². The van der Waals surface area contributed by atoms with Crippen LogP contribution in [0.5, 0.6) is 5.75 Å². The Hall–Kier alpha value is -1.31. The molecule has 0 aliphatic heterocycles. The van der Waals surface area contributed by atoms with Gasteiger partial charge in [0.05, 0.1) is 0 Å². The van der Waals surface area contributed by atoms with Crippen molar-refractivity contribution in [2.45, 2.75) is 12.3 Å². The Balaban J connectivity index is 2.42. The van der Waals surface area contributed by atoms with Crippen molar-refractivity contribution in [2.75, 3.05) is 0 Å². The van der Waals surface area contributed by atoms with E-state index in [0.29, 0.717) is 0 Å². The van der Waals surface area contributed by atoms with Crippen LogP contribution in [0, 0.1) is 0 Å². The van der Waals surface area contributed by atoms with Gasteiger partial charge < -0.3 is 9.90 Å². The zero-order valence-electron chi connectivity index (χ0n) is 5.95. The first-order valence-corrected chi connectivity index (χ1v) is 3.58. The molecule has 11 heavy (non-hydrogen) atoms. The number of carbonyl (C=O) groups is 1. The van der Waals surface area contributed by atoms with Gasteiger partial charge in [-0.05, 0) is 29.7 Å². The molecule has 0 fully saturated rings. The fourth-order valence-corrected chi connectivity index (χ4v) is 1.47. The van der Waals surface area contributed by atoms with Gasteiger partial charge in [-0.25, -0.2) is 0 Å². The van der Waals surface area contributed by atoms with Gasteiger partial charge in [-0.15, -0.1) is 0 Å². The van der Waals surface area contributed by atoms with E-state index in [1.54, 1.807) is 12.1 Å². The predicted octanol–water partition coefficient (Wildman–Crippen LogP) is 1.23. The van der Waals surface area contributed by atoms with Gasteiger partial charge in [0, 0.05) is 5.92 Å². The third kappa shape index (κ3) is 0.827. The summed E-state index contributed by atoms with van der Waals surface area (Å²) < 4.78 is 0. The van der Waals surface area contributed by atoms with Gasteiger partial charge in [-0.1, -0.05) is 6.07 Å². The Bertz CT molecular complexity index is 304. The number of aldehydes is 1. The molecule has 1 aliphatic carbocycles. The minimum Gasteiger partial charge on any atom is -0.508 e. The number of phenols is 1. The van der Waals surface area contributed by atoms with Crippen LogP contribution in [0.2, 0.25) is 0 Å². The van der Waals surface area contributed by atoms with Crippen LogP contribution in [0.1, 0.15) is 17.0 Å². The molecular weight excluding hydrogens is 140 g/mol. The van der Waals surface area contributed by atoms with E-state index in [4.69, 9.17) is 5.11 Å². The van der Waals surface area contributed by atoms with E-state index in [1.165, 1.54) is 0 Å². The molecule has 1 atom stereocenters. The normalized spacial score (nSPS) is 20.2. The highest BCUT2D eigenvalue weighted by atomic mass is 16.3. The number of phenolic OH excluding ortho intramolecular Hbond substituents is 1. The fraction of sp³-hybridized carbons (Fsp3) is 0.222. The Kier molecular flexibility index (Phi) is 1.22. The van der Waals surface area contributed by atoms with Gasteiger partial charge in [0.15, 0.2) is 0 Å². The van der Waals surface area contributed by atoms with Crippen molar-refractivity contribution < 1.29 is 9.90 Å². The van der Waals surface area contributed by atoms with E-state index in [0.717, 1.165) is 23.8 Å². The zero-order valence-corrected chi connectivity index (χ0v) is 5.95. The lowest BCUT2D eigenvalue weighted by molar-refractivity contribution is -0.109. The summed E-state index contributed by atoms with van der Waals surface area (Å²) in [6.45, 7) is 0. The molecule has 0 radical (unpaired) electrons. The molecule has 0 saturated heterocycles. The predicted molar refractivity (Wildman–Crippen MR) is 40.6 cm³/mol. The van der Waals surface area contributed by atoms with Gasteiger partial charge in [-0.2, -0.15) is 0 Å². The first-order valence-electron chi connectivity index (χ1n) is 3.58. The van der Waals surface area contributed by atoms with Crippen molar-refractivity contribution in [1.29, 1.82) is 0 Å². The molecule has 0 amide bonds. The maximum atomic E-state index is 10.4. The van der Waals surface area contributed by atoms with E-state index in [9.17, 15) is 4.79 Å². The van der Waals surface area contributed by atoms with Crippen molar-refractivity contribution in [3.63, 3.8) is 0 Å². The van der Waals surface area contributed by atoms with Crippen LogP contribution in [0.4, 0.5) is 0 Å². The number of hydrogen-bond donors (Lipinski definition) is 1. The van der Waals surface area contributed by atoms with Gasteiger partial charge in [-0.3, -0.25) is 0 Å². The summed E-state index contributed by atoms with van der Waals surface area (Å²) in [5.74, 6) is 0.360. The maximum absolute atomic E-state index is 10.4. The lowest BCUT2D eigenvalue weighted by Gasteiger charge is -2.25. The monoisotopic (exact) mass is 148 g/mol. The number of hydrogen-bond acceptors (Lipinski definition) is 2. The molecule has 1 unspecified atom stereocenters. The SMILES string of the molecule is O=CC1Cc2cc(O)ccc21. The highest BCUT2D eigenvalue weighted by Gasteiger charge is 2.25. The molecule has 0 aromatic heterocycles. The minimum atomic E-state index is 0.0746. The molecule has 1 aromatic rings. The molecule has 56 valence electrons. The standard InChI is InChI=1S/C9H8O2/c10-5-7-3-6-4-8(11)1-2-9(6)7/h1-2,4-5,7,11H,3H2. The summed E-state index contributed by atoms with van der Waals surface area (Å²) in [7, 11) is 0. The molecule has 2 heteroatoms. The maximum Gasteiger partial charge on any atom is 0.127 e. The third-order valence-electron chi connectivity index (χ3n) is 2.13. The van der Waals surface area contributed by atoms with Crippen molar-refractivity contribution in [3.05, 3.63) is 29.3 Å². The average Bonchev–Trinajstić information content (AvgIpc) is 1.95. The van der Waals surface area contributed by atoms with Crippen molar-refractivity contribution >= 4 is 6.29 Å². The summed E-state index contributed by atoms with van der Waals surface area (Å²) >= 11 is 0. The van der Waals surface area contributed by atoms with Crippen molar-refractivity contribution in [2.24, 2.45) is 0 Å². The number of benzene rings is 1. The Morgan fingerprint density at radius 3 is 3.00 bits per heavy atom. The second kappa shape index (κ2) is 2.09. The van der Waals surface area contributed by atoms with Crippen molar-refractivity contribution in [1.82, 2.24) is 0 Å². The molecule has 0 bridgehead atoms. The van der Waals surface area contributed by atoms with Gasteiger partial charge in [0.2, 0.25) is 0 Å². The quantitative estimate of drug-likeness (QED) is 0.608. The first-order chi connectivity index (χ1) is 5.31. The second-order valence-electron chi connectivity index (χ2n) is 2.83. The summed E-state index contributed by atoms with van der Waals surface area (Å²) in [6.07, 6.45) is 1.74. The Morgan fingerprint density at radius 2 is 2.36 bits per heavy atom. The van der Waals surface area contributed by atoms with Crippen LogP contribution in [0.15, 0.2) is 18.2 Å². The number of aromatic hydroxyl groups is 1. The van der Waals surface area contributed by atoms with E-state index >= 15 is 0 Å². The molecule has 0 heterocycles.